The van der Waals surface area contributed by atoms with Crippen LogP contribution in [0, 0.1) is 21.4 Å². The summed E-state index contributed by atoms with van der Waals surface area (Å²) in [7, 11) is 0. The summed E-state index contributed by atoms with van der Waals surface area (Å²) in [4.78, 5) is 15.1. The Hall–Kier alpha value is -2.48. The summed E-state index contributed by atoms with van der Waals surface area (Å²) >= 11 is 10.2. The third-order valence-electron chi connectivity index (χ3n) is 3.49. The molecule has 28 heavy (non-hydrogen) atoms. The van der Waals surface area contributed by atoms with Crippen LogP contribution in [0.5, 0.6) is 11.6 Å². The highest BCUT2D eigenvalue weighted by Crippen LogP contribution is 2.39. The highest BCUT2D eigenvalue weighted by atomic mass is 79.9. The normalized spacial score (nSPS) is 10.2. The van der Waals surface area contributed by atoms with Crippen molar-refractivity contribution in [2.24, 2.45) is 0 Å². The number of halogens is 3. The molecule has 0 saturated carbocycles. The lowest BCUT2D eigenvalue weighted by atomic mass is 10.2. The second-order valence-electron chi connectivity index (χ2n) is 5.39. The molecule has 1 N–H and O–H groups in total. The second-order valence-corrected chi connectivity index (χ2v) is 8.01. The number of nitrogens with one attached hydrogen (secondary N) is 1. The fourth-order valence-corrected chi connectivity index (χ4v) is 4.65. The molecule has 0 unspecified atom stereocenters. The Bertz CT molecular complexity index is 1080. The van der Waals surface area contributed by atoms with Crippen LogP contribution in [0.3, 0.4) is 0 Å². The third kappa shape index (κ3) is 4.67. The van der Waals surface area contributed by atoms with E-state index in [4.69, 9.17) is 10.00 Å². The van der Waals surface area contributed by atoms with Gasteiger partial charge in [0.1, 0.15) is 0 Å². The minimum atomic E-state index is -0.534. The molecule has 2 aromatic carbocycles. The molecule has 0 aliphatic carbocycles. The average Bonchev–Trinajstić information content (AvgIpc) is 2.65. The van der Waals surface area contributed by atoms with Crippen LogP contribution in [-0.4, -0.2) is 9.91 Å². The number of nitro groups is 1. The zero-order chi connectivity index (χ0) is 20.3. The van der Waals surface area contributed by atoms with E-state index in [2.05, 4.69) is 58.1 Å². The molecule has 1 heterocycles. The zero-order valence-corrected chi connectivity index (χ0v) is 18.6. The van der Waals surface area contributed by atoms with E-state index in [-0.39, 0.29) is 17.4 Å². The van der Waals surface area contributed by atoms with Crippen molar-refractivity contribution in [3.05, 3.63) is 77.6 Å². The van der Waals surface area contributed by atoms with Crippen molar-refractivity contribution in [2.75, 3.05) is 5.32 Å². The minimum absolute atomic E-state index is 0.0246. The number of hydrogen-bond donors (Lipinski definition) is 1. The molecule has 0 aliphatic rings. The van der Waals surface area contributed by atoms with Crippen molar-refractivity contribution in [1.29, 1.82) is 5.26 Å². The quantitative estimate of drug-likeness (QED) is 0.272. The van der Waals surface area contributed by atoms with E-state index in [9.17, 15) is 10.1 Å². The van der Waals surface area contributed by atoms with Crippen LogP contribution in [0.15, 0.2) is 61.9 Å². The molecule has 0 bridgehead atoms. The van der Waals surface area contributed by atoms with Crippen LogP contribution in [-0.2, 0) is 0 Å². The Balaban J connectivity index is 1.95. The van der Waals surface area contributed by atoms with E-state index in [1.54, 1.807) is 36.4 Å². The first-order valence-electron chi connectivity index (χ1n) is 7.62. The molecule has 3 aromatic rings. The Morgan fingerprint density at radius 2 is 1.71 bits per heavy atom. The van der Waals surface area contributed by atoms with Gasteiger partial charge >= 0.3 is 5.69 Å². The van der Waals surface area contributed by atoms with Gasteiger partial charge in [-0.05, 0) is 68.3 Å². The Kier molecular flexibility index (Phi) is 6.28. The lowest BCUT2D eigenvalue weighted by molar-refractivity contribution is -0.384. The van der Waals surface area contributed by atoms with Gasteiger partial charge in [0.05, 0.1) is 25.5 Å². The van der Waals surface area contributed by atoms with E-state index >= 15 is 0 Å². The predicted molar refractivity (Wildman–Crippen MR) is 115 cm³/mol. The average molecular weight is 569 g/mol. The number of anilines is 2. The molecule has 0 atom stereocenters. The molecular formula is C18H9Br3N4O3. The first-order chi connectivity index (χ1) is 13.4. The van der Waals surface area contributed by atoms with Crippen LogP contribution in [0.4, 0.5) is 17.2 Å². The highest BCUT2D eigenvalue weighted by Gasteiger charge is 2.18. The second kappa shape index (κ2) is 8.68. The third-order valence-corrected chi connectivity index (χ3v) is 5.13. The van der Waals surface area contributed by atoms with Gasteiger partial charge in [0.2, 0.25) is 11.7 Å². The Labute approximate surface area is 184 Å². The monoisotopic (exact) mass is 566 g/mol. The van der Waals surface area contributed by atoms with Crippen molar-refractivity contribution in [1.82, 2.24) is 4.98 Å². The molecular weight excluding hydrogens is 560 g/mol. The number of hydrogen-bond acceptors (Lipinski definition) is 6. The van der Waals surface area contributed by atoms with Gasteiger partial charge in [0.25, 0.3) is 0 Å². The molecule has 140 valence electrons. The summed E-state index contributed by atoms with van der Waals surface area (Å²) in [5, 5.41) is 23.1. The molecule has 10 heteroatoms. The van der Waals surface area contributed by atoms with E-state index in [0.29, 0.717) is 25.9 Å². The van der Waals surface area contributed by atoms with Gasteiger partial charge in [0, 0.05) is 22.3 Å². The summed E-state index contributed by atoms with van der Waals surface area (Å²) < 4.78 is 8.01. The molecule has 0 amide bonds. The molecule has 0 fully saturated rings. The number of nitriles is 1. The van der Waals surface area contributed by atoms with Crippen molar-refractivity contribution >= 4 is 65.0 Å². The molecule has 0 radical (unpaired) electrons. The number of ether oxygens (including phenoxy) is 1. The topological polar surface area (TPSA) is 101 Å². The van der Waals surface area contributed by atoms with Crippen molar-refractivity contribution in [3.8, 4) is 17.7 Å². The van der Waals surface area contributed by atoms with Gasteiger partial charge in [-0.3, -0.25) is 10.1 Å². The van der Waals surface area contributed by atoms with Crippen molar-refractivity contribution in [2.45, 2.75) is 0 Å². The van der Waals surface area contributed by atoms with Crippen LogP contribution in [0.2, 0.25) is 0 Å². The molecule has 0 saturated heterocycles. The molecule has 0 aliphatic heterocycles. The van der Waals surface area contributed by atoms with Crippen LogP contribution >= 0.6 is 47.8 Å². The fraction of sp³-hybridized carbons (Fsp3) is 0. The van der Waals surface area contributed by atoms with Crippen molar-refractivity contribution in [3.63, 3.8) is 0 Å². The van der Waals surface area contributed by atoms with Gasteiger partial charge in [-0.15, -0.1) is 0 Å². The maximum absolute atomic E-state index is 11.3. The first kappa shape index (κ1) is 20.3. The van der Waals surface area contributed by atoms with Crippen LogP contribution in [0.25, 0.3) is 0 Å². The van der Waals surface area contributed by atoms with E-state index in [0.717, 1.165) is 4.47 Å². The summed E-state index contributed by atoms with van der Waals surface area (Å²) in [6, 6.07) is 14.8. The molecule has 3 rings (SSSR count). The van der Waals surface area contributed by atoms with E-state index in [1.165, 1.54) is 12.1 Å². The van der Waals surface area contributed by atoms with Crippen LogP contribution in [0.1, 0.15) is 5.56 Å². The summed E-state index contributed by atoms with van der Waals surface area (Å²) in [6.07, 6.45) is 0. The molecule has 0 spiro atoms. The number of rotatable bonds is 5. The van der Waals surface area contributed by atoms with Crippen LogP contribution < -0.4 is 10.1 Å². The summed E-state index contributed by atoms with van der Waals surface area (Å²) in [5.74, 6) is 0.677. The first-order valence-corrected chi connectivity index (χ1v) is 10.0. The minimum Gasteiger partial charge on any atom is -0.437 e. The molecule has 7 nitrogen and oxygen atoms in total. The number of benzene rings is 2. The van der Waals surface area contributed by atoms with Gasteiger partial charge in [-0.25, -0.2) is 0 Å². The van der Waals surface area contributed by atoms with Gasteiger partial charge < -0.3 is 10.1 Å². The summed E-state index contributed by atoms with van der Waals surface area (Å²) in [6.45, 7) is 0. The lowest BCUT2D eigenvalue weighted by Gasteiger charge is -2.12. The fourth-order valence-electron chi connectivity index (χ4n) is 2.23. The largest absolute Gasteiger partial charge is 0.437 e. The molecule has 1 aromatic heterocycles. The maximum atomic E-state index is 11.3. The standard InChI is InChI=1S/C18H9Br3N4O3/c19-11-7-13(20)17(14(21)8-11)28-16-6-5-15(25(26)27)18(24-16)23-12-3-1-10(9-22)2-4-12/h1-8H,(H,23,24). The predicted octanol–water partition coefficient (Wildman–Crippen LogP) is 6.68. The van der Waals surface area contributed by atoms with Gasteiger partial charge in [-0.1, -0.05) is 15.9 Å². The zero-order valence-electron chi connectivity index (χ0n) is 13.8. The highest BCUT2D eigenvalue weighted by molar-refractivity contribution is 9.11. The lowest BCUT2D eigenvalue weighted by Crippen LogP contribution is -2.01. The smallest absolute Gasteiger partial charge is 0.311 e. The number of nitrogens with zero attached hydrogens (tertiary/aromatic N) is 3. The van der Waals surface area contributed by atoms with Crippen molar-refractivity contribution < 1.29 is 9.66 Å². The number of pyridine rings is 1. The summed E-state index contributed by atoms with van der Waals surface area (Å²) in [5.41, 5.74) is 0.832. The maximum Gasteiger partial charge on any atom is 0.311 e. The van der Waals surface area contributed by atoms with E-state index in [1.807, 2.05) is 6.07 Å². The van der Waals surface area contributed by atoms with E-state index < -0.39 is 4.92 Å². The van der Waals surface area contributed by atoms with Gasteiger partial charge in [-0.2, -0.15) is 10.2 Å². The van der Waals surface area contributed by atoms with Gasteiger partial charge in [0.15, 0.2) is 5.75 Å². The Morgan fingerprint density at radius 3 is 2.29 bits per heavy atom. The Morgan fingerprint density at radius 1 is 1.07 bits per heavy atom. The number of aromatic nitrogens is 1. The SMILES string of the molecule is N#Cc1ccc(Nc2nc(Oc3c(Br)cc(Br)cc3Br)ccc2[N+](=O)[O-])cc1.